The summed E-state index contributed by atoms with van der Waals surface area (Å²) in [6.45, 7) is 2.17. The lowest BCUT2D eigenvalue weighted by Gasteiger charge is -2.15. The first-order valence-electron chi connectivity index (χ1n) is 9.19. The van der Waals surface area contributed by atoms with Gasteiger partial charge in [-0.2, -0.15) is 0 Å². The molecule has 5 nitrogen and oxygen atoms in total. The minimum atomic E-state index is -0.494. The van der Waals surface area contributed by atoms with Crippen molar-refractivity contribution in [2.75, 3.05) is 10.6 Å². The maximum atomic E-state index is 12.0. The third-order valence-electron chi connectivity index (χ3n) is 4.78. The second-order valence-electron chi connectivity index (χ2n) is 6.74. The largest absolute Gasteiger partial charge is 0.361 e. The van der Waals surface area contributed by atoms with Crippen LogP contribution in [0.1, 0.15) is 25.3 Å². The molecule has 0 aliphatic carbocycles. The Morgan fingerprint density at radius 3 is 2.22 bits per heavy atom. The number of fused-ring (bicyclic) bond motifs is 1. The van der Waals surface area contributed by atoms with Crippen molar-refractivity contribution in [2.24, 2.45) is 0 Å². The van der Waals surface area contributed by atoms with E-state index in [4.69, 9.17) is 0 Å². The van der Waals surface area contributed by atoms with Gasteiger partial charge in [-0.1, -0.05) is 25.5 Å². The van der Waals surface area contributed by atoms with Gasteiger partial charge < -0.3 is 15.6 Å². The SMILES string of the molecule is CCCCc1ccc(Nc2c(Nc3ccc4[nH]ccc4c3)c(=O)c2=O)cc1. The molecule has 0 aliphatic heterocycles. The number of hydrogen-bond acceptors (Lipinski definition) is 4. The van der Waals surface area contributed by atoms with Crippen molar-refractivity contribution in [1.82, 2.24) is 4.98 Å². The van der Waals surface area contributed by atoms with Crippen LogP contribution in [0.4, 0.5) is 22.7 Å². The highest BCUT2D eigenvalue weighted by molar-refractivity contribution is 5.87. The first-order chi connectivity index (χ1) is 13.2. The van der Waals surface area contributed by atoms with Crippen LogP contribution in [0.25, 0.3) is 10.9 Å². The van der Waals surface area contributed by atoms with Crippen LogP contribution in [0.15, 0.2) is 64.3 Å². The smallest absolute Gasteiger partial charge is 0.253 e. The normalized spacial score (nSPS) is 11.1. The Morgan fingerprint density at radius 2 is 1.52 bits per heavy atom. The summed E-state index contributed by atoms with van der Waals surface area (Å²) < 4.78 is 0. The standard InChI is InChI=1S/C22H21N3O2/c1-2-3-4-14-5-7-16(8-6-14)24-19-20(22(27)21(19)26)25-17-9-10-18-15(13-17)11-12-23-18/h5-13,23-25H,2-4H2,1H3. The molecule has 3 N–H and O–H groups in total. The van der Waals surface area contributed by atoms with Gasteiger partial charge in [0.05, 0.1) is 0 Å². The maximum Gasteiger partial charge on any atom is 0.253 e. The number of nitrogens with one attached hydrogen (secondary N) is 3. The van der Waals surface area contributed by atoms with Crippen molar-refractivity contribution >= 4 is 33.7 Å². The van der Waals surface area contributed by atoms with Crippen LogP contribution in [-0.4, -0.2) is 4.98 Å². The van der Waals surface area contributed by atoms with Gasteiger partial charge in [-0.05, 0) is 54.8 Å². The number of benzene rings is 2. The molecule has 0 radical (unpaired) electrons. The minimum Gasteiger partial charge on any atom is -0.361 e. The third kappa shape index (κ3) is 3.36. The highest BCUT2D eigenvalue weighted by Crippen LogP contribution is 2.26. The Hall–Kier alpha value is -3.34. The molecule has 136 valence electrons. The minimum absolute atomic E-state index is 0.310. The maximum absolute atomic E-state index is 12.0. The van der Waals surface area contributed by atoms with Gasteiger partial charge >= 0.3 is 0 Å². The highest BCUT2D eigenvalue weighted by atomic mass is 16.2. The Kier molecular flexibility index (Phi) is 4.50. The number of aromatic amines is 1. The van der Waals surface area contributed by atoms with Crippen molar-refractivity contribution < 1.29 is 0 Å². The quantitative estimate of drug-likeness (QED) is 0.422. The lowest BCUT2D eigenvalue weighted by molar-refractivity contribution is 0.795. The summed E-state index contributed by atoms with van der Waals surface area (Å²) in [4.78, 5) is 27.2. The van der Waals surface area contributed by atoms with Gasteiger partial charge in [-0.3, -0.25) is 9.59 Å². The molecule has 4 rings (SSSR count). The van der Waals surface area contributed by atoms with E-state index >= 15 is 0 Å². The van der Waals surface area contributed by atoms with Gasteiger partial charge in [0.15, 0.2) is 0 Å². The highest BCUT2D eigenvalue weighted by Gasteiger charge is 2.21. The van der Waals surface area contributed by atoms with Gasteiger partial charge in [0.25, 0.3) is 10.9 Å². The van der Waals surface area contributed by atoms with Crippen LogP contribution in [0.3, 0.4) is 0 Å². The first kappa shape index (κ1) is 17.1. The molecule has 0 atom stereocenters. The van der Waals surface area contributed by atoms with Crippen LogP contribution in [0.2, 0.25) is 0 Å². The molecule has 0 fully saturated rings. The lowest BCUT2D eigenvalue weighted by Crippen LogP contribution is -2.35. The van der Waals surface area contributed by atoms with Crippen molar-refractivity contribution in [3.8, 4) is 0 Å². The zero-order valence-electron chi connectivity index (χ0n) is 15.1. The average molecular weight is 359 g/mol. The van der Waals surface area contributed by atoms with E-state index in [9.17, 15) is 9.59 Å². The van der Waals surface area contributed by atoms with Gasteiger partial charge in [0.1, 0.15) is 11.4 Å². The number of aromatic nitrogens is 1. The van der Waals surface area contributed by atoms with Gasteiger partial charge in [0.2, 0.25) is 0 Å². The molecule has 0 spiro atoms. The number of unbranched alkanes of at least 4 members (excludes halogenated alkanes) is 1. The summed E-state index contributed by atoms with van der Waals surface area (Å²) in [7, 11) is 0. The fourth-order valence-corrected chi connectivity index (χ4v) is 3.19. The lowest BCUT2D eigenvalue weighted by atomic mass is 10.1. The van der Waals surface area contributed by atoms with Crippen molar-refractivity contribution in [2.45, 2.75) is 26.2 Å². The topological polar surface area (TPSA) is 74.0 Å². The molecule has 1 aromatic heterocycles. The van der Waals surface area contributed by atoms with Gasteiger partial charge in [0, 0.05) is 28.5 Å². The summed E-state index contributed by atoms with van der Waals surface area (Å²) in [6, 6.07) is 15.7. The number of rotatable bonds is 7. The van der Waals surface area contributed by atoms with Crippen LogP contribution in [0.5, 0.6) is 0 Å². The number of anilines is 4. The first-order valence-corrected chi connectivity index (χ1v) is 9.19. The van der Waals surface area contributed by atoms with E-state index < -0.39 is 10.9 Å². The molecule has 3 aromatic carbocycles. The van der Waals surface area contributed by atoms with Gasteiger partial charge in [-0.25, -0.2) is 0 Å². The molecule has 0 saturated heterocycles. The van der Waals surface area contributed by atoms with E-state index in [0.29, 0.717) is 11.4 Å². The summed E-state index contributed by atoms with van der Waals surface area (Å²) in [5.74, 6) is 0. The van der Waals surface area contributed by atoms with Gasteiger partial charge in [-0.15, -0.1) is 0 Å². The Balaban J connectivity index is 1.53. The predicted octanol–water partition coefficient (Wildman–Crippen LogP) is 4.59. The monoisotopic (exact) mass is 359 g/mol. The summed E-state index contributed by atoms with van der Waals surface area (Å²) in [5.41, 5.74) is 3.50. The molecule has 4 aromatic rings. The molecule has 5 heteroatoms. The van der Waals surface area contributed by atoms with E-state index in [1.165, 1.54) is 5.56 Å². The fourth-order valence-electron chi connectivity index (χ4n) is 3.19. The van der Waals surface area contributed by atoms with Crippen LogP contribution < -0.4 is 21.5 Å². The summed E-state index contributed by atoms with van der Waals surface area (Å²) >= 11 is 0. The van der Waals surface area contributed by atoms with Crippen LogP contribution in [0, 0.1) is 0 Å². The molecule has 0 saturated carbocycles. The second-order valence-corrected chi connectivity index (χ2v) is 6.74. The van der Waals surface area contributed by atoms with E-state index in [1.54, 1.807) is 0 Å². The average Bonchev–Trinajstić information content (AvgIpc) is 3.17. The summed E-state index contributed by atoms with van der Waals surface area (Å²) in [5, 5.41) is 7.21. The molecule has 0 amide bonds. The van der Waals surface area contributed by atoms with Crippen LogP contribution >= 0.6 is 0 Å². The van der Waals surface area contributed by atoms with Crippen molar-refractivity contribution in [1.29, 1.82) is 0 Å². The van der Waals surface area contributed by atoms with Crippen LogP contribution in [-0.2, 0) is 6.42 Å². The van der Waals surface area contributed by atoms with Crippen molar-refractivity contribution in [3.63, 3.8) is 0 Å². The second kappa shape index (κ2) is 7.11. The fraction of sp³-hybridized carbons (Fsp3) is 0.182. The Morgan fingerprint density at radius 1 is 0.852 bits per heavy atom. The molecular formula is C22H21N3O2. The predicted molar refractivity (Wildman–Crippen MR) is 111 cm³/mol. The molecule has 0 bridgehead atoms. The Labute approximate surface area is 156 Å². The number of aryl methyl sites for hydroxylation is 1. The van der Waals surface area contributed by atoms with E-state index in [1.807, 2.05) is 42.6 Å². The Bertz CT molecular complexity index is 1150. The number of H-pyrrole nitrogens is 1. The third-order valence-corrected chi connectivity index (χ3v) is 4.78. The zero-order valence-corrected chi connectivity index (χ0v) is 15.1. The number of hydrogen-bond donors (Lipinski definition) is 3. The zero-order chi connectivity index (χ0) is 18.8. The van der Waals surface area contributed by atoms with E-state index in [0.717, 1.165) is 41.5 Å². The summed E-state index contributed by atoms with van der Waals surface area (Å²) in [6.07, 6.45) is 5.23. The molecule has 0 unspecified atom stereocenters. The molecular weight excluding hydrogens is 338 g/mol. The van der Waals surface area contributed by atoms with E-state index in [2.05, 4.69) is 34.7 Å². The van der Waals surface area contributed by atoms with Crippen molar-refractivity contribution in [3.05, 3.63) is 80.7 Å². The molecule has 1 heterocycles. The van der Waals surface area contributed by atoms with E-state index in [-0.39, 0.29) is 0 Å². The molecule has 27 heavy (non-hydrogen) atoms. The molecule has 0 aliphatic rings.